The molecule has 0 spiro atoms. The molecule has 1 atom stereocenters. The standard InChI is InChI=1S/C27H25FN2O3/c1-19-7-12-24-23(17-19)27(26(32)33-24,20-5-3-2-4-6-20)18-25(31)30-15-13-29(14-16-30)22-10-8-21(28)9-11-22/h2-12,17H,13-16,18H2,1H3. The highest BCUT2D eigenvalue weighted by atomic mass is 19.1. The summed E-state index contributed by atoms with van der Waals surface area (Å²) in [7, 11) is 0. The summed E-state index contributed by atoms with van der Waals surface area (Å²) in [6.07, 6.45) is 0.0167. The molecule has 1 amide bonds. The molecule has 2 heterocycles. The lowest BCUT2D eigenvalue weighted by Crippen LogP contribution is -2.51. The number of fused-ring (bicyclic) bond motifs is 1. The van der Waals surface area contributed by atoms with Crippen LogP contribution in [0.1, 0.15) is 23.1 Å². The summed E-state index contributed by atoms with van der Waals surface area (Å²) < 4.78 is 18.9. The normalized spacial score (nSPS) is 19.9. The van der Waals surface area contributed by atoms with E-state index in [-0.39, 0.29) is 18.1 Å². The van der Waals surface area contributed by atoms with Gasteiger partial charge in [0.05, 0.1) is 6.42 Å². The largest absolute Gasteiger partial charge is 0.425 e. The first kappa shape index (κ1) is 21.2. The van der Waals surface area contributed by atoms with Gasteiger partial charge in [-0.1, -0.05) is 48.0 Å². The number of hydrogen-bond acceptors (Lipinski definition) is 4. The molecule has 1 unspecified atom stereocenters. The molecule has 2 aliphatic heterocycles. The maximum atomic E-state index is 13.5. The Morgan fingerprint density at radius 2 is 1.67 bits per heavy atom. The predicted octanol–water partition coefficient (Wildman–Crippen LogP) is 4.08. The van der Waals surface area contributed by atoms with Gasteiger partial charge in [0.1, 0.15) is 17.0 Å². The van der Waals surface area contributed by atoms with E-state index in [9.17, 15) is 14.0 Å². The third-order valence-corrected chi connectivity index (χ3v) is 6.65. The minimum Gasteiger partial charge on any atom is -0.425 e. The Morgan fingerprint density at radius 1 is 0.970 bits per heavy atom. The summed E-state index contributed by atoms with van der Waals surface area (Å²) in [4.78, 5) is 30.8. The highest BCUT2D eigenvalue weighted by molar-refractivity contribution is 5.99. The van der Waals surface area contributed by atoms with Gasteiger partial charge in [0.25, 0.3) is 0 Å². The molecular formula is C27H25FN2O3. The molecule has 5 rings (SSSR count). The maximum Gasteiger partial charge on any atom is 0.327 e. The number of ether oxygens (including phenoxy) is 1. The number of halogens is 1. The van der Waals surface area contributed by atoms with E-state index in [0.717, 1.165) is 22.4 Å². The number of benzene rings is 3. The van der Waals surface area contributed by atoms with Gasteiger partial charge in [-0.05, 0) is 42.8 Å². The molecule has 2 aliphatic rings. The highest BCUT2D eigenvalue weighted by Gasteiger charge is 2.52. The van der Waals surface area contributed by atoms with Gasteiger partial charge in [-0.25, -0.2) is 4.39 Å². The highest BCUT2D eigenvalue weighted by Crippen LogP contribution is 2.47. The maximum absolute atomic E-state index is 13.5. The zero-order chi connectivity index (χ0) is 23.0. The molecule has 1 fully saturated rings. The second-order valence-electron chi connectivity index (χ2n) is 8.68. The number of esters is 1. The summed E-state index contributed by atoms with van der Waals surface area (Å²) in [5.74, 6) is -0.238. The van der Waals surface area contributed by atoms with Crippen molar-refractivity contribution in [2.24, 2.45) is 0 Å². The number of piperazine rings is 1. The molecular weight excluding hydrogens is 419 g/mol. The molecule has 3 aromatic carbocycles. The van der Waals surface area contributed by atoms with Crippen molar-refractivity contribution in [2.75, 3.05) is 31.1 Å². The third-order valence-electron chi connectivity index (χ3n) is 6.65. The minimum atomic E-state index is -1.16. The molecule has 5 nitrogen and oxygen atoms in total. The lowest BCUT2D eigenvalue weighted by Gasteiger charge is -2.37. The van der Waals surface area contributed by atoms with Gasteiger partial charge in [-0.3, -0.25) is 9.59 Å². The van der Waals surface area contributed by atoms with E-state index in [2.05, 4.69) is 4.90 Å². The number of carbonyl (C=O) groups is 2. The average Bonchev–Trinajstić information content (AvgIpc) is 3.11. The van der Waals surface area contributed by atoms with Crippen LogP contribution in [0.5, 0.6) is 5.75 Å². The number of carbonyl (C=O) groups excluding carboxylic acids is 2. The molecule has 0 aromatic heterocycles. The van der Waals surface area contributed by atoms with Gasteiger partial charge < -0.3 is 14.5 Å². The van der Waals surface area contributed by atoms with Crippen molar-refractivity contribution in [1.82, 2.24) is 4.90 Å². The fourth-order valence-electron chi connectivity index (χ4n) is 4.83. The fourth-order valence-corrected chi connectivity index (χ4v) is 4.83. The van der Waals surface area contributed by atoms with Gasteiger partial charge in [0.15, 0.2) is 0 Å². The van der Waals surface area contributed by atoms with Crippen molar-refractivity contribution < 1.29 is 18.7 Å². The van der Waals surface area contributed by atoms with Crippen molar-refractivity contribution in [3.8, 4) is 5.75 Å². The average molecular weight is 445 g/mol. The van der Waals surface area contributed by atoms with E-state index in [1.54, 1.807) is 18.2 Å². The first-order valence-electron chi connectivity index (χ1n) is 11.1. The van der Waals surface area contributed by atoms with Crippen molar-refractivity contribution >= 4 is 17.6 Å². The number of anilines is 1. The monoisotopic (exact) mass is 444 g/mol. The van der Waals surface area contributed by atoms with Gasteiger partial charge in [-0.2, -0.15) is 0 Å². The number of hydrogen-bond donors (Lipinski definition) is 0. The number of amides is 1. The number of nitrogens with zero attached hydrogens (tertiary/aromatic N) is 2. The quantitative estimate of drug-likeness (QED) is 0.450. The molecule has 3 aromatic rings. The van der Waals surface area contributed by atoms with Crippen LogP contribution < -0.4 is 9.64 Å². The molecule has 0 saturated carbocycles. The van der Waals surface area contributed by atoms with Crippen LogP contribution in [0, 0.1) is 12.7 Å². The lowest BCUT2D eigenvalue weighted by molar-refractivity contribution is -0.142. The van der Waals surface area contributed by atoms with E-state index < -0.39 is 11.4 Å². The fraction of sp³-hybridized carbons (Fsp3) is 0.259. The molecule has 0 N–H and O–H groups in total. The van der Waals surface area contributed by atoms with Crippen LogP contribution in [0.4, 0.5) is 10.1 Å². The second-order valence-corrected chi connectivity index (χ2v) is 8.68. The van der Waals surface area contributed by atoms with Crippen molar-refractivity contribution in [3.05, 3.63) is 95.3 Å². The van der Waals surface area contributed by atoms with Gasteiger partial charge in [0.2, 0.25) is 5.91 Å². The van der Waals surface area contributed by atoms with E-state index in [0.29, 0.717) is 31.9 Å². The smallest absolute Gasteiger partial charge is 0.327 e. The van der Waals surface area contributed by atoms with Gasteiger partial charge in [0, 0.05) is 37.4 Å². The lowest BCUT2D eigenvalue weighted by atomic mass is 9.72. The van der Waals surface area contributed by atoms with Crippen molar-refractivity contribution in [2.45, 2.75) is 18.8 Å². The molecule has 1 saturated heterocycles. The van der Waals surface area contributed by atoms with Crippen LogP contribution in [-0.4, -0.2) is 43.0 Å². The SMILES string of the molecule is Cc1ccc2c(c1)C(CC(=O)N1CCN(c3ccc(F)cc3)CC1)(c1ccccc1)C(=O)O2. The Labute approximate surface area is 192 Å². The third kappa shape index (κ3) is 3.75. The van der Waals surface area contributed by atoms with Crippen LogP contribution in [0.2, 0.25) is 0 Å². The van der Waals surface area contributed by atoms with Crippen LogP contribution in [0.25, 0.3) is 0 Å². The molecule has 0 aliphatic carbocycles. The number of rotatable bonds is 4. The molecule has 0 bridgehead atoms. The minimum absolute atomic E-state index is 0.0167. The van der Waals surface area contributed by atoms with Crippen LogP contribution in [0.3, 0.4) is 0 Å². The first-order valence-corrected chi connectivity index (χ1v) is 11.1. The van der Waals surface area contributed by atoms with Crippen LogP contribution >= 0.6 is 0 Å². The molecule has 0 radical (unpaired) electrons. The topological polar surface area (TPSA) is 49.9 Å². The Hall–Kier alpha value is -3.67. The molecule has 6 heteroatoms. The second kappa shape index (κ2) is 8.35. The van der Waals surface area contributed by atoms with Crippen molar-refractivity contribution in [3.63, 3.8) is 0 Å². The predicted molar refractivity (Wildman–Crippen MR) is 124 cm³/mol. The molecule has 168 valence electrons. The number of aryl methyl sites for hydroxylation is 1. The van der Waals surface area contributed by atoms with E-state index in [1.807, 2.05) is 54.3 Å². The van der Waals surface area contributed by atoms with Crippen LogP contribution in [0.15, 0.2) is 72.8 Å². The van der Waals surface area contributed by atoms with Gasteiger partial charge >= 0.3 is 5.97 Å². The Morgan fingerprint density at radius 3 is 2.36 bits per heavy atom. The van der Waals surface area contributed by atoms with E-state index in [1.165, 1.54) is 12.1 Å². The zero-order valence-electron chi connectivity index (χ0n) is 18.5. The summed E-state index contributed by atoms with van der Waals surface area (Å²) in [5, 5.41) is 0. The zero-order valence-corrected chi connectivity index (χ0v) is 18.5. The summed E-state index contributed by atoms with van der Waals surface area (Å²) >= 11 is 0. The molecule has 33 heavy (non-hydrogen) atoms. The Balaban J connectivity index is 1.40. The van der Waals surface area contributed by atoms with E-state index >= 15 is 0 Å². The van der Waals surface area contributed by atoms with Gasteiger partial charge in [-0.15, -0.1) is 0 Å². The summed E-state index contributed by atoms with van der Waals surface area (Å²) in [5.41, 5.74) is 2.30. The van der Waals surface area contributed by atoms with Crippen molar-refractivity contribution in [1.29, 1.82) is 0 Å². The summed E-state index contributed by atoms with van der Waals surface area (Å²) in [6.45, 7) is 4.34. The summed E-state index contributed by atoms with van der Waals surface area (Å²) in [6, 6.07) is 21.5. The van der Waals surface area contributed by atoms with Crippen LogP contribution in [-0.2, 0) is 15.0 Å². The van der Waals surface area contributed by atoms with E-state index in [4.69, 9.17) is 4.74 Å². The Kier molecular flexibility index (Phi) is 5.36. The Bertz CT molecular complexity index is 1190. The first-order chi connectivity index (χ1) is 16.0.